The number of benzene rings is 1. The molecule has 146 valence electrons. The van der Waals surface area contributed by atoms with Crippen molar-refractivity contribution in [1.82, 2.24) is 0 Å². The Hall–Kier alpha value is -2.07. The second-order valence-electron chi connectivity index (χ2n) is 6.24. The van der Waals surface area contributed by atoms with Crippen LogP contribution in [0.15, 0.2) is 24.3 Å². The average molecular weight is 394 g/mol. The number of carbonyl (C=O) groups is 2. The maximum atomic E-state index is 13.4. The van der Waals surface area contributed by atoms with E-state index in [1.807, 2.05) is 6.92 Å². The smallest absolute Gasteiger partial charge is 0.405 e. The fourth-order valence-electron chi connectivity index (χ4n) is 1.56. The molecule has 0 fully saturated rings. The summed E-state index contributed by atoms with van der Waals surface area (Å²) in [4.78, 5) is 23.8. The highest BCUT2D eigenvalue weighted by Crippen LogP contribution is 2.28. The summed E-state index contributed by atoms with van der Waals surface area (Å²) in [7, 11) is -5.73. The van der Waals surface area contributed by atoms with Crippen molar-refractivity contribution in [3.05, 3.63) is 29.8 Å². The zero-order valence-electron chi connectivity index (χ0n) is 14.7. The first-order valence-corrected chi connectivity index (χ1v) is 9.04. The van der Waals surface area contributed by atoms with Crippen molar-refractivity contribution < 1.29 is 40.8 Å². The number of carbonyl (C=O) groups excluding carboxylic acids is 2. The van der Waals surface area contributed by atoms with Crippen LogP contribution in [0.5, 0.6) is 5.75 Å². The number of alkyl halides is 2. The molecule has 26 heavy (non-hydrogen) atoms. The van der Waals surface area contributed by atoms with Gasteiger partial charge >= 0.3 is 27.3 Å². The lowest BCUT2D eigenvalue weighted by molar-refractivity contribution is -0.144. The van der Waals surface area contributed by atoms with Crippen LogP contribution in [0.1, 0.15) is 44.5 Å². The molecule has 0 amide bonds. The molecule has 0 saturated carbocycles. The fourth-order valence-corrected chi connectivity index (χ4v) is 2.02. The Bertz CT molecular complexity index is 770. The molecule has 0 spiro atoms. The van der Waals surface area contributed by atoms with Crippen molar-refractivity contribution in [1.29, 1.82) is 0 Å². The van der Waals surface area contributed by atoms with Gasteiger partial charge in [-0.05, 0) is 51.5 Å². The van der Waals surface area contributed by atoms with Crippen LogP contribution >= 0.6 is 0 Å². The summed E-state index contributed by atoms with van der Waals surface area (Å²) >= 11 is 0. The van der Waals surface area contributed by atoms with E-state index in [0.29, 0.717) is 13.3 Å². The molecule has 0 aliphatic carbocycles. The molecule has 1 atom stereocenters. The predicted molar refractivity (Wildman–Crippen MR) is 87.5 cm³/mol. The second-order valence-corrected chi connectivity index (χ2v) is 7.73. The fraction of sp³-hybridized carbons (Fsp3) is 0.500. The molecule has 0 bridgehead atoms. The van der Waals surface area contributed by atoms with E-state index < -0.39 is 38.8 Å². The molecule has 0 aromatic heterocycles. The van der Waals surface area contributed by atoms with E-state index in [0.717, 1.165) is 0 Å². The Balaban J connectivity index is 2.83. The quantitative estimate of drug-likeness (QED) is 0.430. The summed E-state index contributed by atoms with van der Waals surface area (Å²) in [6.45, 7) is 5.87. The van der Waals surface area contributed by atoms with Gasteiger partial charge in [-0.25, -0.2) is 4.79 Å². The van der Waals surface area contributed by atoms with Crippen LogP contribution in [-0.4, -0.2) is 36.3 Å². The van der Waals surface area contributed by atoms with Gasteiger partial charge in [0.2, 0.25) is 0 Å². The number of esters is 2. The third-order valence-corrected chi connectivity index (χ3v) is 4.86. The van der Waals surface area contributed by atoms with Crippen LogP contribution in [0.3, 0.4) is 0 Å². The number of hydrogen-bond donors (Lipinski definition) is 1. The Morgan fingerprint density at radius 1 is 1.19 bits per heavy atom. The van der Waals surface area contributed by atoms with E-state index in [1.165, 1.54) is 24.3 Å². The maximum absolute atomic E-state index is 13.4. The molecule has 1 N–H and O–H groups in total. The second kappa shape index (κ2) is 7.67. The first kappa shape index (κ1) is 22.0. The Kier molecular flexibility index (Phi) is 6.48. The molecule has 1 rings (SSSR count). The Labute approximate surface area is 150 Å². The molecule has 0 aliphatic heterocycles. The lowest BCUT2D eigenvalue weighted by atomic mass is 9.91. The summed E-state index contributed by atoms with van der Waals surface area (Å²) in [6.07, 6.45) is -1.86. The van der Waals surface area contributed by atoms with Crippen LogP contribution in [0.4, 0.5) is 8.78 Å². The van der Waals surface area contributed by atoms with Gasteiger partial charge in [0.05, 0.1) is 11.0 Å². The topological polar surface area (TPSA) is 107 Å². The molecule has 1 aromatic rings. The lowest BCUT2D eigenvalue weighted by Crippen LogP contribution is -2.42. The molecule has 0 saturated heterocycles. The summed E-state index contributed by atoms with van der Waals surface area (Å²) < 4.78 is 66.1. The first-order chi connectivity index (χ1) is 11.7. The number of ether oxygens (including phenoxy) is 2. The minimum atomic E-state index is -5.73. The lowest BCUT2D eigenvalue weighted by Gasteiger charge is -2.21. The van der Waals surface area contributed by atoms with E-state index in [9.17, 15) is 26.8 Å². The maximum Gasteiger partial charge on any atom is 0.405 e. The molecule has 1 unspecified atom stereocenters. The van der Waals surface area contributed by atoms with Crippen molar-refractivity contribution in [3.63, 3.8) is 0 Å². The third-order valence-electron chi connectivity index (χ3n) is 3.84. The third kappa shape index (κ3) is 4.98. The van der Waals surface area contributed by atoms with Crippen LogP contribution in [-0.2, 0) is 19.6 Å². The van der Waals surface area contributed by atoms with Crippen molar-refractivity contribution in [2.24, 2.45) is 5.41 Å². The van der Waals surface area contributed by atoms with E-state index in [4.69, 9.17) is 9.29 Å². The van der Waals surface area contributed by atoms with Crippen LogP contribution in [0, 0.1) is 5.41 Å². The van der Waals surface area contributed by atoms with Gasteiger partial charge in [0, 0.05) is 0 Å². The van der Waals surface area contributed by atoms with Crippen molar-refractivity contribution in [2.75, 3.05) is 0 Å². The van der Waals surface area contributed by atoms with E-state index in [2.05, 4.69) is 4.74 Å². The summed E-state index contributed by atoms with van der Waals surface area (Å²) in [5.41, 5.74) is -0.869. The summed E-state index contributed by atoms with van der Waals surface area (Å²) in [6, 6.07) is 4.88. The van der Waals surface area contributed by atoms with E-state index in [1.54, 1.807) is 13.8 Å². The minimum Gasteiger partial charge on any atom is -0.451 e. The SMILES string of the molecule is CCC(C)(C)C(=O)Oc1ccc(C(=O)OC(C)C(F)(F)S(=O)(=O)O)cc1. The molecular formula is C16H20F2O7S. The summed E-state index contributed by atoms with van der Waals surface area (Å²) in [5, 5.41) is -4.65. The normalized spacial score (nSPS) is 13.8. The van der Waals surface area contributed by atoms with Gasteiger partial charge in [-0.3, -0.25) is 9.35 Å². The number of rotatable bonds is 7. The number of halogens is 2. The molecule has 0 radical (unpaired) electrons. The largest absolute Gasteiger partial charge is 0.451 e. The molecule has 7 nitrogen and oxygen atoms in total. The van der Waals surface area contributed by atoms with Crippen LogP contribution in [0.2, 0.25) is 0 Å². The van der Waals surface area contributed by atoms with Gasteiger partial charge in [-0.2, -0.15) is 17.2 Å². The number of hydrogen-bond acceptors (Lipinski definition) is 6. The van der Waals surface area contributed by atoms with Gasteiger partial charge in [0.1, 0.15) is 5.75 Å². The molecule has 1 aromatic carbocycles. The molecule has 0 heterocycles. The van der Waals surface area contributed by atoms with E-state index in [-0.39, 0.29) is 11.3 Å². The van der Waals surface area contributed by atoms with Crippen molar-refractivity contribution in [2.45, 2.75) is 45.5 Å². The molecular weight excluding hydrogens is 374 g/mol. The molecule has 10 heteroatoms. The zero-order chi connectivity index (χ0) is 20.3. The Morgan fingerprint density at radius 3 is 2.12 bits per heavy atom. The first-order valence-electron chi connectivity index (χ1n) is 7.60. The summed E-state index contributed by atoms with van der Waals surface area (Å²) in [5.74, 6) is -1.56. The van der Waals surface area contributed by atoms with Gasteiger partial charge in [-0.1, -0.05) is 6.92 Å². The Morgan fingerprint density at radius 2 is 1.69 bits per heavy atom. The van der Waals surface area contributed by atoms with Crippen LogP contribution in [0.25, 0.3) is 0 Å². The van der Waals surface area contributed by atoms with Gasteiger partial charge in [-0.15, -0.1) is 0 Å². The zero-order valence-corrected chi connectivity index (χ0v) is 15.5. The molecule has 0 aliphatic rings. The standard InChI is InChI=1S/C16H20F2O7S/c1-5-15(3,4)14(20)25-12-8-6-11(7-9-12)13(19)24-10(2)16(17,18)26(21,22)23/h6-10H,5H2,1-4H3,(H,21,22,23). The van der Waals surface area contributed by atoms with Crippen molar-refractivity contribution in [3.8, 4) is 5.75 Å². The van der Waals surface area contributed by atoms with Gasteiger partial charge in [0.15, 0.2) is 6.10 Å². The highest BCUT2D eigenvalue weighted by atomic mass is 32.2. The van der Waals surface area contributed by atoms with Crippen molar-refractivity contribution >= 4 is 22.1 Å². The minimum absolute atomic E-state index is 0.143. The average Bonchev–Trinajstić information content (AvgIpc) is 2.54. The van der Waals surface area contributed by atoms with E-state index >= 15 is 0 Å². The van der Waals surface area contributed by atoms with Gasteiger partial charge in [0.25, 0.3) is 0 Å². The van der Waals surface area contributed by atoms with Gasteiger partial charge < -0.3 is 9.47 Å². The highest BCUT2D eigenvalue weighted by Gasteiger charge is 2.52. The highest BCUT2D eigenvalue weighted by molar-refractivity contribution is 7.86. The van der Waals surface area contributed by atoms with Crippen LogP contribution < -0.4 is 4.74 Å². The predicted octanol–water partition coefficient (Wildman–Crippen LogP) is 3.05. The monoisotopic (exact) mass is 394 g/mol.